The van der Waals surface area contributed by atoms with Crippen LogP contribution in [0.4, 0.5) is 0 Å². The van der Waals surface area contributed by atoms with Crippen molar-refractivity contribution in [3.63, 3.8) is 0 Å². The Kier molecular flexibility index (Phi) is 7.32. The summed E-state index contributed by atoms with van der Waals surface area (Å²) in [5, 5.41) is 3.18. The van der Waals surface area contributed by atoms with Gasteiger partial charge in [-0.15, -0.1) is 0 Å². The Morgan fingerprint density at radius 3 is 2.12 bits per heavy atom. The van der Waals surface area contributed by atoms with Crippen LogP contribution in [0.25, 0.3) is 0 Å². The summed E-state index contributed by atoms with van der Waals surface area (Å²) in [6.45, 7) is 5.55. The monoisotopic (exact) mass is 461 g/mol. The fourth-order valence-electron chi connectivity index (χ4n) is 4.82. The Labute approximate surface area is 191 Å². The maximum atomic E-state index is 13.0. The fraction of sp³-hybridized carbons (Fsp3) is 0.667. The molecule has 1 N–H and O–H groups in total. The molecule has 0 unspecified atom stereocenters. The highest BCUT2D eigenvalue weighted by Gasteiger charge is 2.33. The van der Waals surface area contributed by atoms with Gasteiger partial charge >= 0.3 is 0 Å². The molecule has 3 aliphatic rings. The van der Waals surface area contributed by atoms with E-state index >= 15 is 0 Å². The van der Waals surface area contributed by atoms with Gasteiger partial charge in [-0.05, 0) is 82.2 Å². The second-order valence-corrected chi connectivity index (χ2v) is 11.7. The maximum absolute atomic E-state index is 13.0. The van der Waals surface area contributed by atoms with E-state index in [1.165, 1.54) is 30.6 Å². The molecule has 176 valence electrons. The Hall–Kier alpha value is -1.77. The number of nitrogens with zero attached hydrogens (tertiary/aromatic N) is 2. The van der Waals surface area contributed by atoms with Gasteiger partial charge in [0.1, 0.15) is 5.78 Å². The highest BCUT2D eigenvalue weighted by Crippen LogP contribution is 2.31. The molecule has 7 nitrogen and oxygen atoms in total. The van der Waals surface area contributed by atoms with Crippen LogP contribution in [0, 0.1) is 11.8 Å². The molecule has 4 rings (SSSR count). The number of benzene rings is 1. The third-order valence-corrected chi connectivity index (χ3v) is 8.90. The zero-order valence-corrected chi connectivity index (χ0v) is 19.8. The lowest BCUT2D eigenvalue weighted by atomic mass is 9.94. The molecule has 0 spiro atoms. The van der Waals surface area contributed by atoms with Crippen LogP contribution in [0.3, 0.4) is 0 Å². The van der Waals surface area contributed by atoms with Crippen molar-refractivity contribution in [1.29, 1.82) is 0 Å². The summed E-state index contributed by atoms with van der Waals surface area (Å²) in [5.41, 5.74) is 0.816. The van der Waals surface area contributed by atoms with E-state index in [4.69, 9.17) is 0 Å². The van der Waals surface area contributed by atoms with Gasteiger partial charge < -0.3 is 10.2 Å². The molecular formula is C24H35N3O4S. The predicted octanol–water partition coefficient (Wildman–Crippen LogP) is 2.21. The summed E-state index contributed by atoms with van der Waals surface area (Å²) >= 11 is 0. The van der Waals surface area contributed by atoms with Crippen LogP contribution in [0.5, 0.6) is 0 Å². The average molecular weight is 462 g/mol. The molecule has 1 amide bonds. The van der Waals surface area contributed by atoms with Crippen molar-refractivity contribution in [3.05, 3.63) is 29.8 Å². The fourth-order valence-corrected chi connectivity index (χ4v) is 6.29. The number of carbonyl (C=O) groups excluding carboxylic acids is 2. The minimum absolute atomic E-state index is 0.0383. The molecule has 0 atom stereocenters. The molecule has 2 aliphatic heterocycles. The molecule has 0 bridgehead atoms. The number of amides is 1. The number of sulfonamides is 1. The molecule has 2 heterocycles. The van der Waals surface area contributed by atoms with Crippen LogP contribution in [-0.2, 0) is 26.0 Å². The summed E-state index contributed by atoms with van der Waals surface area (Å²) in [7, 11) is -3.56. The molecule has 3 fully saturated rings. The minimum Gasteiger partial charge on any atom is -0.353 e. The lowest BCUT2D eigenvalue weighted by Gasteiger charge is -2.34. The lowest BCUT2D eigenvalue weighted by Crippen LogP contribution is -2.49. The number of likely N-dealkylation sites (tertiary alicyclic amines) is 1. The first-order valence-corrected chi connectivity index (χ1v) is 13.4. The molecule has 0 aromatic heterocycles. The average Bonchev–Trinajstić information content (AvgIpc) is 3.58. The largest absolute Gasteiger partial charge is 0.353 e. The number of hydrogen-bond donors (Lipinski definition) is 1. The molecule has 32 heavy (non-hydrogen) atoms. The second kappa shape index (κ2) is 10.0. The smallest absolute Gasteiger partial charge is 0.243 e. The molecule has 1 aromatic carbocycles. The zero-order chi connectivity index (χ0) is 22.7. The Morgan fingerprint density at radius 2 is 1.56 bits per heavy atom. The van der Waals surface area contributed by atoms with E-state index in [2.05, 4.69) is 10.2 Å². The summed E-state index contributed by atoms with van der Waals surface area (Å²) < 4.78 is 27.5. The van der Waals surface area contributed by atoms with Crippen molar-refractivity contribution < 1.29 is 18.0 Å². The van der Waals surface area contributed by atoms with Crippen LogP contribution in [0.15, 0.2) is 29.2 Å². The number of hydrogen-bond acceptors (Lipinski definition) is 5. The van der Waals surface area contributed by atoms with Gasteiger partial charge in [0, 0.05) is 38.0 Å². The maximum Gasteiger partial charge on any atom is 0.243 e. The summed E-state index contributed by atoms with van der Waals surface area (Å²) in [5.74, 6) is 1.16. The molecular weight excluding hydrogens is 426 g/mol. The van der Waals surface area contributed by atoms with Crippen molar-refractivity contribution in [2.75, 3.05) is 32.7 Å². The summed E-state index contributed by atoms with van der Waals surface area (Å²) in [6.07, 6.45) is 6.14. The molecule has 1 aromatic rings. The first-order valence-electron chi connectivity index (χ1n) is 11.9. The molecule has 2 saturated heterocycles. The van der Waals surface area contributed by atoms with Crippen LogP contribution < -0.4 is 5.32 Å². The first-order chi connectivity index (χ1) is 15.3. The minimum atomic E-state index is -3.56. The van der Waals surface area contributed by atoms with Crippen molar-refractivity contribution in [3.8, 4) is 0 Å². The van der Waals surface area contributed by atoms with Crippen LogP contribution in [0.1, 0.15) is 51.0 Å². The van der Waals surface area contributed by atoms with E-state index in [1.54, 1.807) is 24.3 Å². The number of rotatable bonds is 8. The number of carbonyl (C=O) groups is 2. The van der Waals surface area contributed by atoms with E-state index in [0.717, 1.165) is 37.4 Å². The van der Waals surface area contributed by atoms with E-state index in [1.807, 2.05) is 0 Å². The van der Waals surface area contributed by atoms with Gasteiger partial charge in [-0.3, -0.25) is 9.59 Å². The molecule has 1 saturated carbocycles. The summed E-state index contributed by atoms with van der Waals surface area (Å²) in [4.78, 5) is 26.7. The molecule has 1 aliphatic carbocycles. The van der Waals surface area contributed by atoms with E-state index in [-0.39, 0.29) is 28.5 Å². The Bertz CT molecular complexity index is 911. The zero-order valence-electron chi connectivity index (χ0n) is 19.0. The van der Waals surface area contributed by atoms with Gasteiger partial charge in [0.15, 0.2) is 0 Å². The third-order valence-electron chi connectivity index (χ3n) is 6.99. The topological polar surface area (TPSA) is 86.8 Å². The number of ketones is 1. The van der Waals surface area contributed by atoms with Crippen molar-refractivity contribution in [2.24, 2.45) is 11.8 Å². The quantitative estimate of drug-likeness (QED) is 0.641. The number of Topliss-reactive ketones (excluding diaryl/α,β-unsaturated/α-hetero) is 1. The van der Waals surface area contributed by atoms with Gasteiger partial charge in [-0.2, -0.15) is 4.31 Å². The molecule has 8 heteroatoms. The SMILES string of the molecule is CC(=O)Cc1ccc(S(=O)(=O)N2CCC(NC(=O)C3CCN(CC4CC4)CC3)CC2)cc1. The number of nitrogens with one attached hydrogen (secondary N) is 1. The van der Waals surface area contributed by atoms with Gasteiger partial charge in [0.25, 0.3) is 0 Å². The van der Waals surface area contributed by atoms with Gasteiger partial charge in [-0.25, -0.2) is 8.42 Å². The van der Waals surface area contributed by atoms with Crippen molar-refractivity contribution in [2.45, 2.75) is 62.8 Å². The van der Waals surface area contributed by atoms with Gasteiger partial charge in [0.2, 0.25) is 15.9 Å². The van der Waals surface area contributed by atoms with Crippen LogP contribution in [0.2, 0.25) is 0 Å². The van der Waals surface area contributed by atoms with Crippen LogP contribution >= 0.6 is 0 Å². The highest BCUT2D eigenvalue weighted by atomic mass is 32.2. The van der Waals surface area contributed by atoms with Gasteiger partial charge in [0.05, 0.1) is 4.90 Å². The Balaban J connectivity index is 1.23. The summed E-state index contributed by atoms with van der Waals surface area (Å²) in [6, 6.07) is 6.61. The van der Waals surface area contributed by atoms with Crippen LogP contribution in [-0.4, -0.2) is 68.1 Å². The number of piperidine rings is 2. The van der Waals surface area contributed by atoms with Gasteiger partial charge in [-0.1, -0.05) is 12.1 Å². The lowest BCUT2D eigenvalue weighted by molar-refractivity contribution is -0.127. The Morgan fingerprint density at radius 1 is 0.938 bits per heavy atom. The normalized spacial score (nSPS) is 22.0. The molecule has 0 radical (unpaired) electrons. The van der Waals surface area contributed by atoms with E-state index < -0.39 is 10.0 Å². The standard InChI is InChI=1S/C24H35N3O4S/c1-18(28)16-19-4-6-23(7-5-19)32(30,31)27-14-10-22(11-15-27)25-24(29)21-8-12-26(13-9-21)17-20-2-3-20/h4-7,20-22H,2-3,8-17H2,1H3,(H,25,29). The van der Waals surface area contributed by atoms with E-state index in [9.17, 15) is 18.0 Å². The van der Waals surface area contributed by atoms with Crippen molar-refractivity contribution in [1.82, 2.24) is 14.5 Å². The van der Waals surface area contributed by atoms with Crippen molar-refractivity contribution >= 4 is 21.7 Å². The first kappa shape index (κ1) is 23.4. The van der Waals surface area contributed by atoms with E-state index in [0.29, 0.717) is 32.4 Å². The highest BCUT2D eigenvalue weighted by molar-refractivity contribution is 7.89. The third kappa shape index (κ3) is 5.97. The second-order valence-electron chi connectivity index (χ2n) is 9.73. The predicted molar refractivity (Wildman–Crippen MR) is 123 cm³/mol.